The van der Waals surface area contributed by atoms with Crippen LogP contribution in [0.15, 0.2) is 54.3 Å². The van der Waals surface area contributed by atoms with E-state index in [0.29, 0.717) is 18.8 Å². The van der Waals surface area contributed by atoms with E-state index in [0.717, 1.165) is 41.8 Å². The summed E-state index contributed by atoms with van der Waals surface area (Å²) in [6.07, 6.45) is 3.48. The summed E-state index contributed by atoms with van der Waals surface area (Å²) in [5, 5.41) is 3.29. The highest BCUT2D eigenvalue weighted by Crippen LogP contribution is 2.37. The molecule has 134 valence electrons. The average Bonchev–Trinajstić information content (AvgIpc) is 2.68. The number of halogens is 1. The molecule has 2 atom stereocenters. The fraction of sp³-hybridized carbons (Fsp3) is 0.286. The van der Waals surface area contributed by atoms with Crippen LogP contribution in [0.1, 0.15) is 17.9 Å². The van der Waals surface area contributed by atoms with Crippen LogP contribution >= 0.6 is 0 Å². The van der Waals surface area contributed by atoms with Crippen LogP contribution in [0.2, 0.25) is 0 Å². The zero-order valence-corrected chi connectivity index (χ0v) is 14.3. The lowest BCUT2D eigenvalue weighted by molar-refractivity contribution is -0.108. The van der Waals surface area contributed by atoms with E-state index in [-0.39, 0.29) is 17.8 Å². The lowest BCUT2D eigenvalue weighted by Gasteiger charge is -2.27. The summed E-state index contributed by atoms with van der Waals surface area (Å²) in [6, 6.07) is 12.1. The largest absolute Gasteiger partial charge is 0.462 e. The zero-order chi connectivity index (χ0) is 17.9. The predicted octanol–water partition coefficient (Wildman–Crippen LogP) is 3.43. The summed E-state index contributed by atoms with van der Waals surface area (Å²) < 4.78 is 24.9. The van der Waals surface area contributed by atoms with Crippen molar-refractivity contribution in [3.05, 3.63) is 65.7 Å². The second-order valence-corrected chi connectivity index (χ2v) is 6.56. The molecule has 0 amide bonds. The molecule has 2 unspecified atom stereocenters. The van der Waals surface area contributed by atoms with Gasteiger partial charge in [-0.25, -0.2) is 4.39 Å². The Morgan fingerprint density at radius 2 is 1.96 bits per heavy atom. The highest BCUT2D eigenvalue weighted by molar-refractivity contribution is 5.73. The third-order valence-electron chi connectivity index (χ3n) is 4.73. The number of nitrogens with one attached hydrogen (secondary N) is 1. The number of carbonyl (C=O) groups excluding carboxylic acids is 1. The lowest BCUT2D eigenvalue weighted by Crippen LogP contribution is -2.39. The molecule has 2 aliphatic heterocycles. The van der Waals surface area contributed by atoms with Crippen molar-refractivity contribution < 1.29 is 18.7 Å². The number of allylic oxidation sites excluding steroid dienone is 1. The molecule has 0 radical (unpaired) electrons. The summed E-state index contributed by atoms with van der Waals surface area (Å²) in [5.41, 5.74) is 2.65. The first-order valence-corrected chi connectivity index (χ1v) is 8.79. The lowest BCUT2D eigenvalue weighted by atomic mass is 9.92. The van der Waals surface area contributed by atoms with Crippen molar-refractivity contribution in [2.24, 2.45) is 0 Å². The van der Waals surface area contributed by atoms with E-state index in [1.54, 1.807) is 12.1 Å². The van der Waals surface area contributed by atoms with Crippen molar-refractivity contribution in [3.8, 4) is 16.9 Å². The van der Waals surface area contributed by atoms with Crippen LogP contribution < -0.4 is 10.1 Å². The maximum absolute atomic E-state index is 13.1. The fourth-order valence-electron chi connectivity index (χ4n) is 3.39. The van der Waals surface area contributed by atoms with Crippen molar-refractivity contribution in [2.45, 2.75) is 18.4 Å². The van der Waals surface area contributed by atoms with E-state index in [1.807, 2.05) is 24.3 Å². The molecule has 0 spiro atoms. The highest BCUT2D eigenvalue weighted by Gasteiger charge is 2.25. The number of hydrogen-bond donors (Lipinski definition) is 1. The molecule has 2 aromatic rings. The first kappa shape index (κ1) is 16.9. The van der Waals surface area contributed by atoms with Gasteiger partial charge in [0, 0.05) is 25.1 Å². The minimum atomic E-state index is -0.356. The number of hydrogen-bond acceptors (Lipinski definition) is 4. The van der Waals surface area contributed by atoms with Gasteiger partial charge in [-0.1, -0.05) is 18.2 Å². The molecular weight excluding hydrogens is 333 g/mol. The molecule has 1 saturated heterocycles. The van der Waals surface area contributed by atoms with E-state index in [4.69, 9.17) is 9.47 Å². The summed E-state index contributed by atoms with van der Waals surface area (Å²) >= 11 is 0. The molecule has 5 heteroatoms. The summed E-state index contributed by atoms with van der Waals surface area (Å²) in [5.74, 6) is 0.825. The van der Waals surface area contributed by atoms with E-state index in [2.05, 4.69) is 5.32 Å². The van der Waals surface area contributed by atoms with Gasteiger partial charge in [0.2, 0.25) is 0 Å². The highest BCUT2D eigenvalue weighted by atomic mass is 19.1. The molecule has 2 aliphatic rings. The van der Waals surface area contributed by atoms with Gasteiger partial charge in [0.25, 0.3) is 0 Å². The second kappa shape index (κ2) is 7.40. The molecule has 2 heterocycles. The fourth-order valence-corrected chi connectivity index (χ4v) is 3.39. The Kier molecular flexibility index (Phi) is 4.82. The summed E-state index contributed by atoms with van der Waals surface area (Å²) in [6.45, 7) is 2.33. The third-order valence-corrected chi connectivity index (χ3v) is 4.73. The van der Waals surface area contributed by atoms with Crippen LogP contribution in [0.3, 0.4) is 0 Å². The number of carbonyl (C=O) groups is 1. The standard InChI is InChI=1S/C21H20FNO3/c22-17-4-1-14(2-5-17)15-3-6-21-20(10-15)16(13-24)9-18(26-21)11-19-12-23-7-8-25-19/h1-6,9-10,13,16,19,23H,7-8,11-12H2. The number of ether oxygens (including phenoxy) is 2. The summed E-state index contributed by atoms with van der Waals surface area (Å²) in [7, 11) is 0. The molecule has 1 fully saturated rings. The molecule has 0 aromatic heterocycles. The minimum absolute atomic E-state index is 0.0577. The molecule has 4 rings (SSSR count). The van der Waals surface area contributed by atoms with Crippen LogP contribution in [0.25, 0.3) is 11.1 Å². The van der Waals surface area contributed by atoms with E-state index >= 15 is 0 Å². The second-order valence-electron chi connectivity index (χ2n) is 6.56. The van der Waals surface area contributed by atoms with Crippen molar-refractivity contribution in [3.63, 3.8) is 0 Å². The van der Waals surface area contributed by atoms with Crippen molar-refractivity contribution in [1.82, 2.24) is 5.32 Å². The van der Waals surface area contributed by atoms with E-state index in [1.165, 1.54) is 12.1 Å². The first-order valence-electron chi connectivity index (χ1n) is 8.79. The maximum atomic E-state index is 13.1. The molecule has 26 heavy (non-hydrogen) atoms. The van der Waals surface area contributed by atoms with Gasteiger partial charge in [-0.3, -0.25) is 0 Å². The Morgan fingerprint density at radius 3 is 2.69 bits per heavy atom. The van der Waals surface area contributed by atoms with Crippen molar-refractivity contribution in [2.75, 3.05) is 19.7 Å². The smallest absolute Gasteiger partial charge is 0.131 e. The van der Waals surface area contributed by atoms with E-state index < -0.39 is 0 Å². The minimum Gasteiger partial charge on any atom is -0.462 e. The number of fused-ring (bicyclic) bond motifs is 1. The van der Waals surface area contributed by atoms with Crippen LogP contribution in [-0.4, -0.2) is 32.1 Å². The van der Waals surface area contributed by atoms with Gasteiger partial charge >= 0.3 is 0 Å². The SMILES string of the molecule is O=CC1C=C(CC2CNCCO2)Oc2ccc(-c3ccc(F)cc3)cc21. The number of aldehydes is 1. The maximum Gasteiger partial charge on any atom is 0.131 e. The Hall–Kier alpha value is -2.50. The van der Waals surface area contributed by atoms with Crippen LogP contribution in [0, 0.1) is 5.82 Å². The van der Waals surface area contributed by atoms with E-state index in [9.17, 15) is 9.18 Å². The Balaban J connectivity index is 1.58. The van der Waals surface area contributed by atoms with Crippen LogP contribution in [0.5, 0.6) is 5.75 Å². The van der Waals surface area contributed by atoms with Crippen molar-refractivity contribution >= 4 is 6.29 Å². The molecule has 4 nitrogen and oxygen atoms in total. The molecule has 2 aromatic carbocycles. The molecule has 0 bridgehead atoms. The van der Waals surface area contributed by atoms with Gasteiger partial charge in [-0.2, -0.15) is 0 Å². The molecule has 0 aliphatic carbocycles. The van der Waals surface area contributed by atoms with Gasteiger partial charge in [-0.05, 0) is 41.5 Å². The van der Waals surface area contributed by atoms with Gasteiger partial charge in [0.15, 0.2) is 0 Å². The van der Waals surface area contributed by atoms with Gasteiger partial charge in [0.05, 0.1) is 18.6 Å². The van der Waals surface area contributed by atoms with Gasteiger partial charge in [-0.15, -0.1) is 0 Å². The first-order chi connectivity index (χ1) is 12.7. The van der Waals surface area contributed by atoms with Gasteiger partial charge in [0.1, 0.15) is 23.6 Å². The summed E-state index contributed by atoms with van der Waals surface area (Å²) in [4.78, 5) is 11.7. The van der Waals surface area contributed by atoms with Crippen molar-refractivity contribution in [1.29, 1.82) is 0 Å². The third kappa shape index (κ3) is 3.54. The number of benzene rings is 2. The topological polar surface area (TPSA) is 47.6 Å². The predicted molar refractivity (Wildman–Crippen MR) is 96.6 cm³/mol. The monoisotopic (exact) mass is 353 g/mol. The number of rotatable bonds is 4. The number of morpholine rings is 1. The normalized spacial score (nSPS) is 22.1. The Bertz CT molecular complexity index is 826. The Labute approximate surface area is 151 Å². The molecule has 0 saturated carbocycles. The van der Waals surface area contributed by atoms with Gasteiger partial charge < -0.3 is 19.6 Å². The average molecular weight is 353 g/mol. The quantitative estimate of drug-likeness (QED) is 0.856. The van der Waals surface area contributed by atoms with Crippen LogP contribution in [0.4, 0.5) is 4.39 Å². The molecular formula is C21H20FNO3. The zero-order valence-electron chi connectivity index (χ0n) is 14.3. The Morgan fingerprint density at radius 1 is 1.15 bits per heavy atom. The van der Waals surface area contributed by atoms with Crippen LogP contribution in [-0.2, 0) is 9.53 Å². The molecule has 1 N–H and O–H groups in total.